The first-order valence-corrected chi connectivity index (χ1v) is 9.00. The van der Waals surface area contributed by atoms with Crippen molar-refractivity contribution in [2.45, 2.75) is 26.7 Å². The van der Waals surface area contributed by atoms with Crippen LogP contribution in [-0.2, 0) is 9.59 Å². The van der Waals surface area contributed by atoms with Crippen molar-refractivity contribution in [3.8, 4) is 11.3 Å². The smallest absolute Gasteiger partial charge is 0.229 e. The minimum absolute atomic E-state index is 0.00360. The highest BCUT2D eigenvalue weighted by atomic mass is 32.1. The Hall–Kier alpha value is -2.21. The zero-order chi connectivity index (χ0) is 17.1. The van der Waals surface area contributed by atoms with Gasteiger partial charge in [0.25, 0.3) is 0 Å². The second kappa shape index (κ2) is 7.13. The fraction of sp³-hybridized carbons (Fsp3) is 0.389. The average molecular weight is 343 g/mol. The summed E-state index contributed by atoms with van der Waals surface area (Å²) in [5.74, 6) is 0.0342. The van der Waals surface area contributed by atoms with E-state index in [2.05, 4.69) is 23.3 Å². The summed E-state index contributed by atoms with van der Waals surface area (Å²) in [5.41, 5.74) is 3.14. The van der Waals surface area contributed by atoms with Crippen molar-refractivity contribution < 1.29 is 9.59 Å². The minimum atomic E-state index is -0.0496. The van der Waals surface area contributed by atoms with Crippen molar-refractivity contribution >= 4 is 28.3 Å². The maximum Gasteiger partial charge on any atom is 0.229 e. The lowest BCUT2D eigenvalue weighted by Crippen LogP contribution is -2.40. The fourth-order valence-electron chi connectivity index (χ4n) is 2.98. The molecule has 0 atom stereocenters. The van der Waals surface area contributed by atoms with E-state index in [1.54, 1.807) is 11.8 Å². The quantitative estimate of drug-likeness (QED) is 0.930. The third-order valence-electron chi connectivity index (χ3n) is 4.47. The van der Waals surface area contributed by atoms with E-state index in [1.165, 1.54) is 11.3 Å². The van der Waals surface area contributed by atoms with Gasteiger partial charge in [0.1, 0.15) is 0 Å². The van der Waals surface area contributed by atoms with E-state index < -0.39 is 0 Å². The molecule has 1 aliphatic heterocycles. The first kappa shape index (κ1) is 16.6. The number of likely N-dealkylation sites (tertiary alicyclic amines) is 1. The van der Waals surface area contributed by atoms with Gasteiger partial charge in [-0.2, -0.15) is 0 Å². The molecule has 1 fully saturated rings. The zero-order valence-corrected chi connectivity index (χ0v) is 14.7. The molecule has 2 amide bonds. The van der Waals surface area contributed by atoms with Gasteiger partial charge in [-0.3, -0.25) is 9.59 Å². The summed E-state index contributed by atoms with van der Waals surface area (Å²) in [6.07, 6.45) is 1.42. The lowest BCUT2D eigenvalue weighted by molar-refractivity contribution is -0.132. The number of aryl methyl sites for hydroxylation is 1. The van der Waals surface area contributed by atoms with Gasteiger partial charge < -0.3 is 10.2 Å². The lowest BCUT2D eigenvalue weighted by Gasteiger charge is -2.30. The van der Waals surface area contributed by atoms with Crippen molar-refractivity contribution in [2.75, 3.05) is 18.4 Å². The molecule has 1 aliphatic rings. The number of hydrogen-bond acceptors (Lipinski definition) is 4. The largest absolute Gasteiger partial charge is 0.343 e. The number of carbonyl (C=O) groups is 2. The van der Waals surface area contributed by atoms with E-state index in [0.717, 1.165) is 16.8 Å². The summed E-state index contributed by atoms with van der Waals surface area (Å²) in [4.78, 5) is 30.1. The van der Waals surface area contributed by atoms with Crippen LogP contribution in [0.5, 0.6) is 0 Å². The molecule has 6 heteroatoms. The first-order valence-electron chi connectivity index (χ1n) is 8.12. The Labute approximate surface area is 145 Å². The van der Waals surface area contributed by atoms with E-state index >= 15 is 0 Å². The maximum absolute atomic E-state index is 12.4. The van der Waals surface area contributed by atoms with Crippen LogP contribution < -0.4 is 5.32 Å². The Morgan fingerprint density at radius 1 is 1.25 bits per heavy atom. The van der Waals surface area contributed by atoms with E-state index in [0.29, 0.717) is 31.1 Å². The number of carbonyl (C=O) groups excluding carboxylic acids is 2. The summed E-state index contributed by atoms with van der Waals surface area (Å²) < 4.78 is 0. The van der Waals surface area contributed by atoms with E-state index in [9.17, 15) is 9.59 Å². The first-order chi connectivity index (χ1) is 11.5. The highest BCUT2D eigenvalue weighted by Gasteiger charge is 2.26. The van der Waals surface area contributed by atoms with Crippen LogP contribution in [0.15, 0.2) is 29.6 Å². The average Bonchev–Trinajstić information content (AvgIpc) is 3.03. The molecule has 1 N–H and O–H groups in total. The summed E-state index contributed by atoms with van der Waals surface area (Å²) in [6, 6.07) is 8.08. The lowest BCUT2D eigenvalue weighted by atomic mass is 9.96. The number of anilines is 1. The molecule has 5 nitrogen and oxygen atoms in total. The molecule has 0 bridgehead atoms. The molecule has 3 rings (SSSR count). The van der Waals surface area contributed by atoms with Crippen molar-refractivity contribution in [3.63, 3.8) is 0 Å². The van der Waals surface area contributed by atoms with E-state index in [1.807, 2.05) is 23.6 Å². The number of hydrogen-bond donors (Lipinski definition) is 1. The molecule has 0 aliphatic carbocycles. The molecular weight excluding hydrogens is 322 g/mol. The second-order valence-electron chi connectivity index (χ2n) is 6.12. The van der Waals surface area contributed by atoms with Crippen LogP contribution in [0.1, 0.15) is 25.3 Å². The summed E-state index contributed by atoms with van der Waals surface area (Å²) in [6.45, 7) is 4.93. The van der Waals surface area contributed by atoms with Gasteiger partial charge >= 0.3 is 0 Å². The molecule has 126 valence electrons. The Kier molecular flexibility index (Phi) is 4.94. The minimum Gasteiger partial charge on any atom is -0.343 e. The molecule has 1 saturated heterocycles. The predicted octanol–water partition coefficient (Wildman–Crippen LogP) is 3.32. The molecule has 2 aromatic rings. The van der Waals surface area contributed by atoms with Gasteiger partial charge in [-0.05, 0) is 25.3 Å². The van der Waals surface area contributed by atoms with Crippen molar-refractivity contribution in [1.29, 1.82) is 0 Å². The molecular formula is C18H21N3O2S. The highest BCUT2D eigenvalue weighted by Crippen LogP contribution is 2.28. The molecule has 2 heterocycles. The third-order valence-corrected chi connectivity index (χ3v) is 5.22. The predicted molar refractivity (Wildman–Crippen MR) is 95.9 cm³/mol. The van der Waals surface area contributed by atoms with E-state index in [-0.39, 0.29) is 17.7 Å². The third kappa shape index (κ3) is 3.64. The molecule has 24 heavy (non-hydrogen) atoms. The van der Waals surface area contributed by atoms with Crippen LogP contribution in [0.2, 0.25) is 0 Å². The monoisotopic (exact) mass is 343 g/mol. The molecule has 0 unspecified atom stereocenters. The molecule has 0 spiro atoms. The highest BCUT2D eigenvalue weighted by molar-refractivity contribution is 7.14. The van der Waals surface area contributed by atoms with Crippen LogP contribution in [0.3, 0.4) is 0 Å². The van der Waals surface area contributed by atoms with Gasteiger partial charge in [0.2, 0.25) is 11.8 Å². The van der Waals surface area contributed by atoms with Gasteiger partial charge in [-0.15, -0.1) is 11.3 Å². The molecule has 0 saturated carbocycles. The van der Waals surface area contributed by atoms with Crippen LogP contribution in [-0.4, -0.2) is 34.8 Å². The number of thiazole rings is 1. The van der Waals surface area contributed by atoms with Crippen LogP contribution >= 0.6 is 11.3 Å². The van der Waals surface area contributed by atoms with Crippen LogP contribution in [0, 0.1) is 12.8 Å². The fourth-order valence-corrected chi connectivity index (χ4v) is 3.69. The van der Waals surface area contributed by atoms with Gasteiger partial charge in [-0.1, -0.05) is 24.3 Å². The van der Waals surface area contributed by atoms with Crippen molar-refractivity contribution in [3.05, 3.63) is 35.2 Å². The Bertz CT molecular complexity index is 748. The molecule has 1 aromatic carbocycles. The Morgan fingerprint density at radius 2 is 1.96 bits per heavy atom. The van der Waals surface area contributed by atoms with Gasteiger partial charge in [0.15, 0.2) is 5.13 Å². The summed E-state index contributed by atoms with van der Waals surface area (Å²) in [5, 5.41) is 5.53. The maximum atomic E-state index is 12.4. The number of amides is 2. The summed E-state index contributed by atoms with van der Waals surface area (Å²) in [7, 11) is 0. The Morgan fingerprint density at radius 3 is 2.62 bits per heavy atom. The number of benzene rings is 1. The number of nitrogens with one attached hydrogen (secondary N) is 1. The van der Waals surface area contributed by atoms with Gasteiger partial charge in [-0.25, -0.2) is 4.98 Å². The van der Waals surface area contributed by atoms with Crippen LogP contribution in [0.4, 0.5) is 5.13 Å². The zero-order valence-electron chi connectivity index (χ0n) is 13.9. The van der Waals surface area contributed by atoms with Crippen LogP contribution in [0.25, 0.3) is 11.3 Å². The van der Waals surface area contributed by atoms with Gasteiger partial charge in [0, 0.05) is 36.9 Å². The standard InChI is InChI=1S/C18H21N3O2S/c1-12-5-3-4-6-15(12)16-11-24-18(19-16)20-17(23)14-7-9-21(10-8-14)13(2)22/h3-6,11,14H,7-10H2,1-2H3,(H,19,20,23). The topological polar surface area (TPSA) is 62.3 Å². The number of rotatable bonds is 3. The SMILES string of the molecule is CC(=O)N1CCC(C(=O)Nc2nc(-c3ccccc3C)cs2)CC1. The van der Waals surface area contributed by atoms with Crippen molar-refractivity contribution in [1.82, 2.24) is 9.88 Å². The number of aromatic nitrogens is 1. The second-order valence-corrected chi connectivity index (χ2v) is 6.98. The van der Waals surface area contributed by atoms with Crippen molar-refractivity contribution in [2.24, 2.45) is 5.92 Å². The Balaban J connectivity index is 1.62. The molecule has 0 radical (unpaired) electrons. The van der Waals surface area contributed by atoms with Gasteiger partial charge in [0.05, 0.1) is 5.69 Å². The van der Waals surface area contributed by atoms with E-state index in [4.69, 9.17) is 0 Å². The number of nitrogens with zero attached hydrogens (tertiary/aromatic N) is 2. The normalized spacial score (nSPS) is 15.3. The number of piperidine rings is 1. The molecule has 1 aromatic heterocycles. The summed E-state index contributed by atoms with van der Waals surface area (Å²) >= 11 is 1.44.